The van der Waals surface area contributed by atoms with Crippen LogP contribution in [0.25, 0.3) is 17.2 Å². The Morgan fingerprint density at radius 1 is 1.31 bits per heavy atom. The maximum absolute atomic E-state index is 11.7. The summed E-state index contributed by atoms with van der Waals surface area (Å²) in [6.07, 6.45) is 5.16. The number of carbonyl (C=O) groups is 1. The van der Waals surface area contributed by atoms with Gasteiger partial charge in [-0.05, 0) is 36.4 Å². The first-order chi connectivity index (χ1) is 14.2. The summed E-state index contributed by atoms with van der Waals surface area (Å²) in [4.78, 5) is 26.8. The number of nitrogens with zero attached hydrogens (tertiary/aromatic N) is 4. The molecule has 146 valence electrons. The maximum atomic E-state index is 11.7. The summed E-state index contributed by atoms with van der Waals surface area (Å²) >= 11 is 1.68. The highest BCUT2D eigenvalue weighted by atomic mass is 32.1. The third kappa shape index (κ3) is 3.19. The van der Waals surface area contributed by atoms with Gasteiger partial charge in [0.05, 0.1) is 36.1 Å². The Hall–Kier alpha value is -3.46. The lowest BCUT2D eigenvalue weighted by atomic mass is 10.1. The Bertz CT molecular complexity index is 1200. The van der Waals surface area contributed by atoms with Gasteiger partial charge in [0, 0.05) is 11.1 Å². The van der Waals surface area contributed by atoms with Crippen molar-refractivity contribution >= 4 is 28.6 Å². The number of rotatable bonds is 5. The Kier molecular flexibility index (Phi) is 4.36. The van der Waals surface area contributed by atoms with E-state index in [1.54, 1.807) is 34.1 Å². The lowest BCUT2D eigenvalue weighted by Gasteiger charge is -2.20. The van der Waals surface area contributed by atoms with Gasteiger partial charge in [0.15, 0.2) is 23.2 Å². The van der Waals surface area contributed by atoms with Gasteiger partial charge in [-0.1, -0.05) is 6.07 Å². The van der Waals surface area contributed by atoms with Crippen LogP contribution >= 0.6 is 11.3 Å². The Morgan fingerprint density at radius 2 is 2.24 bits per heavy atom. The quantitative estimate of drug-likeness (QED) is 0.528. The van der Waals surface area contributed by atoms with Gasteiger partial charge in [-0.15, -0.1) is 11.3 Å². The molecule has 0 saturated heterocycles. The molecule has 0 spiro atoms. The lowest BCUT2D eigenvalue weighted by molar-refractivity contribution is 0.100. The fraction of sp³-hybridized carbons (Fsp3) is 0.200. The molecule has 4 aromatic rings. The highest BCUT2D eigenvalue weighted by Gasteiger charge is 2.22. The summed E-state index contributed by atoms with van der Waals surface area (Å²) in [5.41, 5.74) is 7.38. The predicted octanol–water partition coefficient (Wildman–Crippen LogP) is 2.89. The zero-order chi connectivity index (χ0) is 19.8. The number of fused-ring (bicyclic) bond motifs is 2. The van der Waals surface area contributed by atoms with E-state index >= 15 is 0 Å². The number of carbonyl (C=O) groups excluding carboxylic acids is 1. The minimum absolute atomic E-state index is 0.406. The third-order valence-corrected chi connectivity index (χ3v) is 5.66. The van der Waals surface area contributed by atoms with Gasteiger partial charge in [-0.3, -0.25) is 9.20 Å². The molecular formula is C20H18N6O2S. The minimum Gasteiger partial charge on any atom is -0.488 e. The summed E-state index contributed by atoms with van der Waals surface area (Å²) < 4.78 is 7.65. The molecule has 3 N–H and O–H groups in total. The SMILES string of the molecule is NC(=O)c1cccn2c(-c3nc4c(c(NCc5cccs5)n3)OCCC4)ncc12. The van der Waals surface area contributed by atoms with Crippen molar-refractivity contribution in [1.82, 2.24) is 19.4 Å². The first-order valence-electron chi connectivity index (χ1n) is 9.27. The van der Waals surface area contributed by atoms with Gasteiger partial charge in [-0.25, -0.2) is 15.0 Å². The van der Waals surface area contributed by atoms with E-state index in [0.29, 0.717) is 47.4 Å². The Morgan fingerprint density at radius 3 is 3.07 bits per heavy atom. The van der Waals surface area contributed by atoms with Crippen molar-refractivity contribution in [2.45, 2.75) is 19.4 Å². The highest BCUT2D eigenvalue weighted by Crippen LogP contribution is 2.33. The molecule has 0 radical (unpaired) electrons. The van der Waals surface area contributed by atoms with E-state index in [4.69, 9.17) is 20.4 Å². The molecule has 5 heterocycles. The lowest BCUT2D eigenvalue weighted by Crippen LogP contribution is -2.15. The number of ether oxygens (including phenoxy) is 1. The first kappa shape index (κ1) is 17.6. The number of primary amides is 1. The van der Waals surface area contributed by atoms with Gasteiger partial charge in [0.25, 0.3) is 5.91 Å². The average molecular weight is 406 g/mol. The second-order valence-corrected chi connectivity index (χ2v) is 7.71. The van der Waals surface area contributed by atoms with Crippen LogP contribution in [0.1, 0.15) is 27.3 Å². The molecule has 0 bridgehead atoms. The number of hydrogen-bond donors (Lipinski definition) is 2. The van der Waals surface area contributed by atoms with Crippen LogP contribution < -0.4 is 15.8 Å². The molecule has 5 rings (SSSR count). The summed E-state index contributed by atoms with van der Waals surface area (Å²) in [6.45, 7) is 1.30. The number of aromatic nitrogens is 4. The number of amides is 1. The molecule has 0 fully saturated rings. The van der Waals surface area contributed by atoms with E-state index in [-0.39, 0.29) is 0 Å². The summed E-state index contributed by atoms with van der Waals surface area (Å²) in [5.74, 6) is 1.89. The van der Waals surface area contributed by atoms with Crippen molar-refractivity contribution in [1.29, 1.82) is 0 Å². The van der Waals surface area contributed by atoms with E-state index in [1.165, 1.54) is 4.88 Å². The van der Waals surface area contributed by atoms with Crippen LogP contribution in [0.4, 0.5) is 5.82 Å². The zero-order valence-corrected chi connectivity index (χ0v) is 16.3. The molecule has 29 heavy (non-hydrogen) atoms. The van der Waals surface area contributed by atoms with Gasteiger partial charge in [-0.2, -0.15) is 0 Å². The van der Waals surface area contributed by atoms with Gasteiger partial charge in [0.2, 0.25) is 0 Å². The molecule has 1 aliphatic heterocycles. The second-order valence-electron chi connectivity index (χ2n) is 6.68. The van der Waals surface area contributed by atoms with Crippen molar-refractivity contribution in [3.63, 3.8) is 0 Å². The number of hydrogen-bond acceptors (Lipinski definition) is 7. The molecule has 8 nitrogen and oxygen atoms in total. The molecule has 0 aliphatic carbocycles. The molecule has 0 saturated carbocycles. The smallest absolute Gasteiger partial charge is 0.250 e. The monoisotopic (exact) mass is 406 g/mol. The van der Waals surface area contributed by atoms with Crippen LogP contribution in [0, 0.1) is 0 Å². The van der Waals surface area contributed by atoms with E-state index in [1.807, 2.05) is 17.6 Å². The Balaban J connectivity index is 1.60. The summed E-state index contributed by atoms with van der Waals surface area (Å²) in [6, 6.07) is 7.53. The van der Waals surface area contributed by atoms with Crippen LogP contribution in [-0.4, -0.2) is 31.9 Å². The van der Waals surface area contributed by atoms with Crippen LogP contribution in [-0.2, 0) is 13.0 Å². The van der Waals surface area contributed by atoms with Crippen molar-refractivity contribution in [2.24, 2.45) is 5.73 Å². The molecule has 1 amide bonds. The van der Waals surface area contributed by atoms with Gasteiger partial charge < -0.3 is 15.8 Å². The van der Waals surface area contributed by atoms with E-state index in [2.05, 4.69) is 16.4 Å². The molecule has 4 aromatic heterocycles. The van der Waals surface area contributed by atoms with Crippen LogP contribution in [0.15, 0.2) is 42.0 Å². The molecule has 9 heteroatoms. The normalized spacial score (nSPS) is 13.1. The topological polar surface area (TPSA) is 107 Å². The van der Waals surface area contributed by atoms with Crippen LogP contribution in [0.2, 0.25) is 0 Å². The number of nitrogens with one attached hydrogen (secondary N) is 1. The summed E-state index contributed by atoms with van der Waals surface area (Å²) in [5, 5.41) is 5.42. The predicted molar refractivity (Wildman–Crippen MR) is 110 cm³/mol. The van der Waals surface area contributed by atoms with Gasteiger partial charge >= 0.3 is 0 Å². The second kappa shape index (κ2) is 7.17. The first-order valence-corrected chi connectivity index (χ1v) is 10.1. The molecular weight excluding hydrogens is 388 g/mol. The van der Waals surface area contributed by atoms with E-state index in [0.717, 1.165) is 18.5 Å². The molecule has 0 atom stereocenters. The standard InChI is InChI=1S/C20H18N6O2S/c21-17(27)13-5-1-7-26-15(13)11-23-20(26)19-24-14-6-2-8-28-16(14)18(25-19)22-10-12-4-3-9-29-12/h1,3-5,7,9,11H,2,6,8,10H2,(H2,21,27)(H,22,24,25). The third-order valence-electron chi connectivity index (χ3n) is 4.79. The van der Waals surface area contributed by atoms with Crippen molar-refractivity contribution in [2.75, 3.05) is 11.9 Å². The number of anilines is 1. The Labute approximate surface area is 170 Å². The van der Waals surface area contributed by atoms with Crippen molar-refractivity contribution < 1.29 is 9.53 Å². The number of imidazole rings is 1. The fourth-order valence-corrected chi connectivity index (χ4v) is 4.08. The van der Waals surface area contributed by atoms with Crippen LogP contribution in [0.5, 0.6) is 5.75 Å². The average Bonchev–Trinajstić information content (AvgIpc) is 3.41. The molecule has 0 unspecified atom stereocenters. The largest absolute Gasteiger partial charge is 0.488 e. The highest BCUT2D eigenvalue weighted by molar-refractivity contribution is 7.09. The molecule has 0 aromatic carbocycles. The zero-order valence-electron chi connectivity index (χ0n) is 15.5. The molecule has 1 aliphatic rings. The van der Waals surface area contributed by atoms with E-state index < -0.39 is 5.91 Å². The van der Waals surface area contributed by atoms with Crippen molar-refractivity contribution in [3.8, 4) is 17.4 Å². The van der Waals surface area contributed by atoms with Gasteiger partial charge in [0.1, 0.15) is 0 Å². The van der Waals surface area contributed by atoms with Crippen molar-refractivity contribution in [3.05, 3.63) is 58.2 Å². The minimum atomic E-state index is -0.500. The number of nitrogens with two attached hydrogens (primary N) is 1. The number of pyridine rings is 1. The summed E-state index contributed by atoms with van der Waals surface area (Å²) in [7, 11) is 0. The number of thiophene rings is 1. The van der Waals surface area contributed by atoms with E-state index in [9.17, 15) is 4.79 Å². The number of aryl methyl sites for hydroxylation is 1. The maximum Gasteiger partial charge on any atom is 0.250 e. The fourth-order valence-electron chi connectivity index (χ4n) is 3.43. The van der Waals surface area contributed by atoms with Crippen LogP contribution in [0.3, 0.4) is 0 Å².